The van der Waals surface area contributed by atoms with Crippen molar-refractivity contribution in [1.82, 2.24) is 0 Å². The van der Waals surface area contributed by atoms with E-state index in [-0.39, 0.29) is 5.91 Å². The van der Waals surface area contributed by atoms with Crippen molar-refractivity contribution in [3.63, 3.8) is 0 Å². The zero-order chi connectivity index (χ0) is 6.28. The average Bonchev–Trinajstić information content (AvgIpc) is 1.73. The van der Waals surface area contributed by atoms with Crippen LogP contribution in [0.1, 0.15) is 13.3 Å². The van der Waals surface area contributed by atoms with Gasteiger partial charge in [-0.1, -0.05) is 6.92 Å². The molecule has 3 heteroatoms. The van der Waals surface area contributed by atoms with E-state index in [0.29, 0.717) is 6.42 Å². The van der Waals surface area contributed by atoms with E-state index in [1.165, 1.54) is 0 Å². The first-order chi connectivity index (χ1) is 3.27. The minimum atomic E-state index is -0.245. The summed E-state index contributed by atoms with van der Waals surface area (Å²) in [4.78, 5) is 9.59. The van der Waals surface area contributed by atoms with Crippen LogP contribution in [-0.4, -0.2) is 12.2 Å². The third-order valence-electron chi connectivity index (χ3n) is 0.348. The van der Waals surface area contributed by atoms with Gasteiger partial charge in [0.1, 0.15) is 0 Å². The lowest BCUT2D eigenvalue weighted by molar-refractivity contribution is -0.117. The van der Waals surface area contributed by atoms with Crippen LogP contribution in [0.3, 0.4) is 0 Å². The van der Waals surface area contributed by atoms with Gasteiger partial charge in [0.05, 0.1) is 0 Å². The molecule has 0 aromatic heterocycles. The van der Waals surface area contributed by atoms with Gasteiger partial charge in [0.15, 0.2) is 0 Å². The summed E-state index contributed by atoms with van der Waals surface area (Å²) in [5.41, 5.74) is 4.65. The lowest BCUT2D eigenvalue weighted by atomic mass is 10.5. The number of nitrogens with two attached hydrogens (primary N) is 1. The molecule has 2 nitrogen and oxygen atoms in total. The summed E-state index contributed by atoms with van der Waals surface area (Å²) >= 11 is 3.53. The monoisotopic (exact) mass is 121 g/mol. The van der Waals surface area contributed by atoms with Crippen molar-refractivity contribution >= 4 is 18.5 Å². The van der Waals surface area contributed by atoms with Crippen molar-refractivity contribution in [2.75, 3.05) is 6.26 Å². The van der Waals surface area contributed by atoms with Crippen LogP contribution in [0.15, 0.2) is 0 Å². The largest absolute Gasteiger partial charge is 0.370 e. The zero-order valence-electron chi connectivity index (χ0n) is 4.64. The summed E-state index contributed by atoms with van der Waals surface area (Å²) in [6.07, 6.45) is 2.14. The molecule has 0 heterocycles. The van der Waals surface area contributed by atoms with Gasteiger partial charge < -0.3 is 5.73 Å². The van der Waals surface area contributed by atoms with Crippen LogP contribution < -0.4 is 5.73 Å². The number of thiol groups is 1. The lowest BCUT2D eigenvalue weighted by Gasteiger charge is -1.73. The Morgan fingerprint density at radius 2 is 1.86 bits per heavy atom. The van der Waals surface area contributed by atoms with Crippen LogP contribution in [0.5, 0.6) is 0 Å². The van der Waals surface area contributed by atoms with Gasteiger partial charge in [-0.25, -0.2) is 0 Å². The molecular formula is C4H11NOS. The van der Waals surface area contributed by atoms with Crippen LogP contribution in [0.4, 0.5) is 0 Å². The first-order valence-electron chi connectivity index (χ1n) is 2.00. The Hall–Kier alpha value is -0.180. The molecule has 0 bridgehead atoms. The molecule has 0 saturated heterocycles. The molecule has 44 valence electrons. The van der Waals surface area contributed by atoms with Crippen LogP contribution in [0.25, 0.3) is 0 Å². The minimum Gasteiger partial charge on any atom is -0.370 e. The maximum atomic E-state index is 9.59. The number of hydrogen-bond donors (Lipinski definition) is 2. The van der Waals surface area contributed by atoms with Crippen molar-refractivity contribution in [2.24, 2.45) is 5.73 Å². The van der Waals surface area contributed by atoms with Crippen molar-refractivity contribution in [1.29, 1.82) is 0 Å². The summed E-state index contributed by atoms with van der Waals surface area (Å²) in [7, 11) is 0. The van der Waals surface area contributed by atoms with E-state index in [4.69, 9.17) is 0 Å². The highest BCUT2D eigenvalue weighted by Gasteiger charge is 1.77. The van der Waals surface area contributed by atoms with Gasteiger partial charge in [0.2, 0.25) is 5.91 Å². The van der Waals surface area contributed by atoms with E-state index in [1.807, 2.05) is 0 Å². The van der Waals surface area contributed by atoms with E-state index in [1.54, 1.807) is 13.2 Å². The standard InChI is InChI=1S/C3H7NO.CH4S/c1-2-3(4)5;1-2/h2H2,1H3,(H2,4,5);2H,1H3. The Morgan fingerprint density at radius 1 is 1.71 bits per heavy atom. The number of carbonyl (C=O) groups is 1. The van der Waals surface area contributed by atoms with E-state index >= 15 is 0 Å². The van der Waals surface area contributed by atoms with Gasteiger partial charge in [-0.3, -0.25) is 4.79 Å². The molecule has 0 rings (SSSR count). The number of carbonyl (C=O) groups excluding carboxylic acids is 1. The molecular weight excluding hydrogens is 110 g/mol. The number of primary amides is 1. The summed E-state index contributed by atoms with van der Waals surface area (Å²) in [6, 6.07) is 0. The third kappa shape index (κ3) is 25.6. The Labute approximate surface area is 49.5 Å². The molecule has 7 heavy (non-hydrogen) atoms. The fourth-order valence-electron chi connectivity index (χ4n) is 0. The van der Waals surface area contributed by atoms with Gasteiger partial charge in [0.25, 0.3) is 0 Å². The van der Waals surface area contributed by atoms with E-state index in [2.05, 4.69) is 18.4 Å². The van der Waals surface area contributed by atoms with Crippen molar-refractivity contribution in [3.05, 3.63) is 0 Å². The molecule has 0 radical (unpaired) electrons. The van der Waals surface area contributed by atoms with Crippen LogP contribution in [0.2, 0.25) is 0 Å². The smallest absolute Gasteiger partial charge is 0.217 e. The Morgan fingerprint density at radius 3 is 1.86 bits per heavy atom. The topological polar surface area (TPSA) is 43.1 Å². The molecule has 0 fully saturated rings. The third-order valence-corrected chi connectivity index (χ3v) is 0.348. The molecule has 0 saturated carbocycles. The predicted molar refractivity (Wildman–Crippen MR) is 34.4 cm³/mol. The molecule has 0 atom stereocenters. The fraction of sp³-hybridized carbons (Fsp3) is 0.750. The molecule has 0 aromatic rings. The summed E-state index contributed by atoms with van der Waals surface area (Å²) in [5, 5.41) is 0. The Balaban J connectivity index is 0. The van der Waals surface area contributed by atoms with Gasteiger partial charge >= 0.3 is 0 Å². The van der Waals surface area contributed by atoms with Gasteiger partial charge in [-0.2, -0.15) is 12.6 Å². The maximum Gasteiger partial charge on any atom is 0.217 e. The number of rotatable bonds is 1. The lowest BCUT2D eigenvalue weighted by Crippen LogP contribution is -2.06. The highest BCUT2D eigenvalue weighted by Crippen LogP contribution is 1.63. The second-order valence-electron chi connectivity index (χ2n) is 0.820. The molecule has 1 amide bonds. The summed E-state index contributed by atoms with van der Waals surface area (Å²) in [6.45, 7) is 1.72. The van der Waals surface area contributed by atoms with Crippen molar-refractivity contribution in [3.8, 4) is 0 Å². The first kappa shape index (κ1) is 9.94. The maximum absolute atomic E-state index is 9.59. The minimum absolute atomic E-state index is 0.245. The molecule has 0 aliphatic carbocycles. The summed E-state index contributed by atoms with van der Waals surface area (Å²) in [5.74, 6) is -0.245. The second kappa shape index (κ2) is 9.27. The van der Waals surface area contributed by atoms with Gasteiger partial charge in [-0.05, 0) is 6.26 Å². The van der Waals surface area contributed by atoms with E-state index in [9.17, 15) is 4.79 Å². The highest BCUT2D eigenvalue weighted by molar-refractivity contribution is 7.79. The average molecular weight is 121 g/mol. The predicted octanol–water partition coefficient (Wildman–Crippen LogP) is 0.428. The van der Waals surface area contributed by atoms with Crippen molar-refractivity contribution in [2.45, 2.75) is 13.3 Å². The number of amides is 1. The quantitative estimate of drug-likeness (QED) is 0.485. The summed E-state index contributed by atoms with van der Waals surface area (Å²) < 4.78 is 0. The van der Waals surface area contributed by atoms with Crippen LogP contribution in [-0.2, 0) is 4.79 Å². The molecule has 0 aliphatic rings. The molecule has 0 aromatic carbocycles. The van der Waals surface area contributed by atoms with Gasteiger partial charge in [-0.15, -0.1) is 0 Å². The fourth-order valence-corrected chi connectivity index (χ4v) is 0. The zero-order valence-corrected chi connectivity index (χ0v) is 5.53. The molecule has 0 spiro atoms. The Kier molecular flexibility index (Phi) is 13.2. The Bertz CT molecular complexity index is 47.0. The van der Waals surface area contributed by atoms with Crippen LogP contribution >= 0.6 is 12.6 Å². The van der Waals surface area contributed by atoms with E-state index in [0.717, 1.165) is 0 Å². The van der Waals surface area contributed by atoms with Crippen molar-refractivity contribution < 1.29 is 4.79 Å². The van der Waals surface area contributed by atoms with Gasteiger partial charge in [0, 0.05) is 6.42 Å². The SMILES string of the molecule is CCC(N)=O.CS. The van der Waals surface area contributed by atoms with E-state index < -0.39 is 0 Å². The molecule has 0 aliphatic heterocycles. The van der Waals surface area contributed by atoms with Crippen LogP contribution in [0, 0.1) is 0 Å². The second-order valence-corrected chi connectivity index (χ2v) is 0.820. The molecule has 0 unspecified atom stereocenters. The number of hydrogen-bond acceptors (Lipinski definition) is 2. The normalized spacial score (nSPS) is 6.14. The first-order valence-corrected chi connectivity index (χ1v) is 2.90. The highest BCUT2D eigenvalue weighted by atomic mass is 32.1. The molecule has 2 N–H and O–H groups in total.